The van der Waals surface area contributed by atoms with E-state index in [-0.39, 0.29) is 60.4 Å². The summed E-state index contributed by atoms with van der Waals surface area (Å²) in [4.78, 5) is 28.0. The molecule has 378 valence electrons. The zero-order valence-corrected chi connectivity index (χ0v) is 43.2. The van der Waals surface area contributed by atoms with Crippen molar-refractivity contribution in [1.82, 2.24) is 50.2 Å². The van der Waals surface area contributed by atoms with Crippen LogP contribution in [0.3, 0.4) is 0 Å². The van der Waals surface area contributed by atoms with Crippen LogP contribution in [0.4, 0.5) is 23.3 Å². The Morgan fingerprint density at radius 3 is 0.706 bits per heavy atom. The maximum Gasteiger partial charge on any atom is 0.324 e. The third-order valence-electron chi connectivity index (χ3n) is 14.1. The monoisotopic (exact) mass is 951 g/mol. The van der Waals surface area contributed by atoms with Gasteiger partial charge in [-0.05, 0) is 135 Å². The molecule has 4 aliphatic heterocycles. The summed E-state index contributed by atoms with van der Waals surface area (Å²) in [5.41, 5.74) is -3.16. The largest absolute Gasteiger partial charge is 0.460 e. The summed E-state index contributed by atoms with van der Waals surface area (Å²) in [5.74, 6) is 0.416. The van der Waals surface area contributed by atoms with Gasteiger partial charge < -0.3 is 50.4 Å². The van der Waals surface area contributed by atoms with E-state index in [1.807, 2.05) is 135 Å². The van der Waals surface area contributed by atoms with Crippen molar-refractivity contribution < 1.29 is 39.8 Å². The van der Waals surface area contributed by atoms with E-state index >= 15 is 0 Å². The van der Waals surface area contributed by atoms with Gasteiger partial charge in [-0.25, -0.2) is 0 Å². The fourth-order valence-electron chi connectivity index (χ4n) is 11.5. The molecule has 4 aliphatic rings. The summed E-state index contributed by atoms with van der Waals surface area (Å²) in [6.45, 7) is 31.6. The van der Waals surface area contributed by atoms with Crippen LogP contribution in [0.5, 0.6) is 24.0 Å². The predicted octanol–water partition coefficient (Wildman–Crippen LogP) is 8.70. The Hall–Kier alpha value is -4.28. The highest BCUT2D eigenvalue weighted by Crippen LogP contribution is 2.42. The SMILES string of the molecule is CC1(C)CC(Oc2nc(Nc3ccc(Nc4nc(OC5CC(C)(C)N(O)C(C)(C)C5)nc(OC5CC(C)(C)N(O)C(C)(C)C5)n4)cc3)nc(OC3CC(C)(C)N(O)C(C)(C)C3)n2)CC(C)(C)N1O. The molecule has 7 rings (SSSR count). The lowest BCUT2D eigenvalue weighted by Gasteiger charge is -2.51. The lowest BCUT2D eigenvalue weighted by atomic mass is 9.80. The second kappa shape index (κ2) is 17.8. The Morgan fingerprint density at radius 2 is 0.529 bits per heavy atom. The first-order valence-corrected chi connectivity index (χ1v) is 23.9. The first-order chi connectivity index (χ1) is 31.1. The van der Waals surface area contributed by atoms with E-state index < -0.39 is 44.3 Å². The van der Waals surface area contributed by atoms with Gasteiger partial charge in [-0.3, -0.25) is 0 Å². The summed E-state index contributed by atoms with van der Waals surface area (Å²) in [7, 11) is 0. The molecule has 0 saturated carbocycles. The zero-order chi connectivity index (χ0) is 50.2. The number of benzene rings is 1. The molecule has 0 unspecified atom stereocenters. The van der Waals surface area contributed by atoms with Crippen LogP contribution in [-0.2, 0) is 0 Å². The maximum atomic E-state index is 11.0. The molecule has 0 bridgehead atoms. The lowest BCUT2D eigenvalue weighted by molar-refractivity contribution is -0.255. The Labute approximate surface area is 402 Å². The normalized spacial score (nSPS) is 25.4. The molecule has 0 atom stereocenters. The number of hydrogen-bond acceptors (Lipinski definition) is 20. The number of hydroxylamine groups is 8. The van der Waals surface area contributed by atoms with Gasteiger partial charge in [-0.15, -0.1) is 9.97 Å². The summed E-state index contributed by atoms with van der Waals surface area (Å²) >= 11 is 0. The summed E-state index contributed by atoms with van der Waals surface area (Å²) in [5, 5.41) is 56.0. The minimum absolute atomic E-state index is 0.0888. The molecule has 6 N–H and O–H groups in total. The van der Waals surface area contributed by atoms with Crippen molar-refractivity contribution in [2.75, 3.05) is 10.6 Å². The first-order valence-electron chi connectivity index (χ1n) is 23.9. The van der Waals surface area contributed by atoms with Gasteiger partial charge in [0.1, 0.15) is 24.4 Å². The Kier molecular flexibility index (Phi) is 13.5. The van der Waals surface area contributed by atoms with E-state index in [0.29, 0.717) is 62.7 Å². The quantitative estimate of drug-likeness (QED) is 0.0996. The number of aromatic nitrogens is 6. The average Bonchev–Trinajstić information content (AvgIpc) is 3.17. The standard InChI is InChI=1S/C48H78N12O8/c1-41(2)21-31(22-42(3,4)57(41)61)65-37-51-35(52-38(55-37)66-32-23-43(5,6)58(62)44(7,8)24-32)49-29-17-19-30(20-18-29)50-36-53-39(67-33-25-45(9,10)59(63)46(11,12)26-33)56-40(54-36)68-34-27-47(13,14)60(64)48(15,16)28-34/h17-20,31-34,61-64H,21-28H2,1-16H3,(H,49,51,52,55)(H,50,53,54,56). The Balaban J connectivity index is 1.13. The van der Waals surface area contributed by atoms with Crippen molar-refractivity contribution in [3.63, 3.8) is 0 Å². The molecule has 6 heterocycles. The van der Waals surface area contributed by atoms with Crippen LogP contribution >= 0.6 is 0 Å². The number of anilines is 4. The molecule has 0 amide bonds. The van der Waals surface area contributed by atoms with Crippen LogP contribution < -0.4 is 29.6 Å². The van der Waals surface area contributed by atoms with Gasteiger partial charge in [-0.1, -0.05) is 0 Å². The number of nitrogens with zero attached hydrogens (tertiary/aromatic N) is 10. The highest BCUT2D eigenvalue weighted by molar-refractivity contribution is 5.61. The summed E-state index contributed by atoms with van der Waals surface area (Å²) in [6, 6.07) is 7.77. The van der Waals surface area contributed by atoms with Crippen LogP contribution in [0.25, 0.3) is 0 Å². The van der Waals surface area contributed by atoms with Crippen LogP contribution in [0.1, 0.15) is 162 Å². The van der Waals surface area contributed by atoms with Gasteiger partial charge in [0.25, 0.3) is 0 Å². The van der Waals surface area contributed by atoms with E-state index in [0.717, 1.165) is 0 Å². The van der Waals surface area contributed by atoms with Crippen molar-refractivity contribution in [3.05, 3.63) is 24.3 Å². The van der Waals surface area contributed by atoms with Gasteiger partial charge in [0, 0.05) is 107 Å². The summed E-state index contributed by atoms with van der Waals surface area (Å²) in [6.07, 6.45) is 3.03. The van der Waals surface area contributed by atoms with E-state index in [1.54, 1.807) is 0 Å². The third-order valence-corrected chi connectivity index (χ3v) is 14.1. The number of nitrogens with one attached hydrogen (secondary N) is 2. The Morgan fingerprint density at radius 1 is 0.353 bits per heavy atom. The molecule has 20 heteroatoms. The molecular formula is C48H78N12O8. The van der Waals surface area contributed by atoms with Gasteiger partial charge in [0.2, 0.25) is 11.9 Å². The molecular weight excluding hydrogens is 873 g/mol. The van der Waals surface area contributed by atoms with Crippen molar-refractivity contribution in [3.8, 4) is 24.0 Å². The highest BCUT2D eigenvalue weighted by atomic mass is 16.5. The highest BCUT2D eigenvalue weighted by Gasteiger charge is 2.50. The predicted molar refractivity (Wildman–Crippen MR) is 254 cm³/mol. The smallest absolute Gasteiger partial charge is 0.324 e. The second-order valence-electron chi connectivity index (χ2n) is 24.6. The van der Waals surface area contributed by atoms with Crippen molar-refractivity contribution in [1.29, 1.82) is 0 Å². The third kappa shape index (κ3) is 11.3. The zero-order valence-electron chi connectivity index (χ0n) is 43.2. The van der Waals surface area contributed by atoms with Crippen LogP contribution in [0, 0.1) is 0 Å². The van der Waals surface area contributed by atoms with Gasteiger partial charge in [0.05, 0.1) is 0 Å². The number of rotatable bonds is 12. The Bertz CT molecular complexity index is 1920. The minimum atomic E-state index is -0.560. The van der Waals surface area contributed by atoms with Gasteiger partial charge >= 0.3 is 24.0 Å². The molecule has 0 spiro atoms. The molecule has 3 aromatic rings. The lowest BCUT2D eigenvalue weighted by Crippen LogP contribution is -2.61. The van der Waals surface area contributed by atoms with Crippen LogP contribution in [-0.4, -0.2) is 140 Å². The van der Waals surface area contributed by atoms with E-state index in [4.69, 9.17) is 18.9 Å². The second-order valence-corrected chi connectivity index (χ2v) is 24.6. The minimum Gasteiger partial charge on any atom is -0.460 e. The molecule has 20 nitrogen and oxygen atoms in total. The molecule has 2 aromatic heterocycles. The summed E-state index contributed by atoms with van der Waals surface area (Å²) < 4.78 is 26.0. The van der Waals surface area contributed by atoms with Crippen LogP contribution in [0.15, 0.2) is 24.3 Å². The molecule has 68 heavy (non-hydrogen) atoms. The molecule has 4 fully saturated rings. The molecule has 1 aromatic carbocycles. The van der Waals surface area contributed by atoms with Crippen molar-refractivity contribution in [2.24, 2.45) is 0 Å². The molecule has 0 radical (unpaired) electrons. The molecule has 0 aliphatic carbocycles. The molecule has 4 saturated heterocycles. The van der Waals surface area contributed by atoms with Gasteiger partial charge in [0.15, 0.2) is 0 Å². The first kappa shape index (κ1) is 51.6. The van der Waals surface area contributed by atoms with Crippen molar-refractivity contribution >= 4 is 23.3 Å². The van der Waals surface area contributed by atoms with E-state index in [2.05, 4.69) is 40.5 Å². The maximum absolute atomic E-state index is 11.0. The van der Waals surface area contributed by atoms with Crippen molar-refractivity contribution in [2.45, 2.75) is 231 Å². The topological polar surface area (TPSA) is 232 Å². The van der Waals surface area contributed by atoms with Gasteiger partial charge in [-0.2, -0.15) is 40.2 Å². The number of hydrogen-bond donors (Lipinski definition) is 6. The number of ether oxygens (including phenoxy) is 4. The van der Waals surface area contributed by atoms with E-state index in [9.17, 15) is 20.8 Å². The average molecular weight is 951 g/mol. The van der Waals surface area contributed by atoms with E-state index in [1.165, 1.54) is 20.3 Å². The fourth-order valence-corrected chi connectivity index (χ4v) is 11.5. The fraction of sp³-hybridized carbons (Fsp3) is 0.750. The van der Waals surface area contributed by atoms with Crippen LogP contribution in [0.2, 0.25) is 0 Å². The number of piperidine rings is 4.